The van der Waals surface area contributed by atoms with Gasteiger partial charge in [0.05, 0.1) is 6.10 Å². The van der Waals surface area contributed by atoms with E-state index >= 15 is 0 Å². The average Bonchev–Trinajstić information content (AvgIpc) is 1.85. The molecule has 0 heterocycles. The van der Waals surface area contributed by atoms with Crippen LogP contribution in [0.15, 0.2) is 12.2 Å². The summed E-state index contributed by atoms with van der Waals surface area (Å²) in [6.45, 7) is 0. The highest BCUT2D eigenvalue weighted by Crippen LogP contribution is 2.24. The molecule has 0 bridgehead atoms. The predicted octanol–water partition coefficient (Wildman–Crippen LogP) is 2.63. The van der Waals surface area contributed by atoms with E-state index in [0.717, 1.165) is 0 Å². The smallest absolute Gasteiger partial charge is 0.288 e. The summed E-state index contributed by atoms with van der Waals surface area (Å²) in [4.78, 5) is 0. The topological polar surface area (TPSA) is 9.23 Å². The maximum absolute atomic E-state index is 11.6. The van der Waals surface area contributed by atoms with Crippen molar-refractivity contribution in [2.45, 2.75) is 31.7 Å². The number of ether oxygens (including phenoxy) is 1. The van der Waals surface area contributed by atoms with Crippen molar-refractivity contribution in [2.75, 3.05) is 0 Å². The molecule has 0 radical (unpaired) electrons. The number of hydrogen-bond donors (Lipinski definition) is 0. The van der Waals surface area contributed by atoms with Crippen LogP contribution >= 0.6 is 0 Å². The van der Waals surface area contributed by atoms with Crippen molar-refractivity contribution in [2.24, 2.45) is 0 Å². The van der Waals surface area contributed by atoms with E-state index in [1.165, 1.54) is 0 Å². The molecule has 0 saturated heterocycles. The quantitative estimate of drug-likeness (QED) is 0.544. The highest BCUT2D eigenvalue weighted by Gasteiger charge is 2.33. The van der Waals surface area contributed by atoms with Gasteiger partial charge in [0.15, 0.2) is 0 Å². The average molecular weight is 166 g/mol. The summed E-state index contributed by atoms with van der Waals surface area (Å²) in [5.41, 5.74) is 0. The Balaban J connectivity index is 2.32. The number of rotatable bonds is 1. The van der Waals surface area contributed by atoms with Gasteiger partial charge in [-0.2, -0.15) is 0 Å². The lowest BCUT2D eigenvalue weighted by atomic mass is 10.1. The summed E-state index contributed by atoms with van der Waals surface area (Å²) < 4.78 is 38.6. The number of hydrogen-bond acceptors (Lipinski definition) is 1. The summed E-state index contributed by atoms with van der Waals surface area (Å²) in [5, 5.41) is 0. The SMILES string of the molecule is FC(F)(F)OC1CC=CCC1. The molecule has 0 saturated carbocycles. The Morgan fingerprint density at radius 3 is 2.45 bits per heavy atom. The van der Waals surface area contributed by atoms with Gasteiger partial charge in [-0.25, -0.2) is 0 Å². The molecule has 1 nitrogen and oxygen atoms in total. The van der Waals surface area contributed by atoms with Gasteiger partial charge in [-0.05, 0) is 19.3 Å². The van der Waals surface area contributed by atoms with Crippen LogP contribution in [-0.4, -0.2) is 12.5 Å². The molecule has 1 rings (SSSR count). The van der Waals surface area contributed by atoms with Gasteiger partial charge in [0.2, 0.25) is 0 Å². The molecule has 1 unspecified atom stereocenters. The molecule has 0 fully saturated rings. The Morgan fingerprint density at radius 1 is 1.27 bits per heavy atom. The first-order valence-corrected chi connectivity index (χ1v) is 3.47. The zero-order valence-corrected chi connectivity index (χ0v) is 5.90. The van der Waals surface area contributed by atoms with E-state index in [0.29, 0.717) is 19.3 Å². The number of allylic oxidation sites excluding steroid dienone is 1. The van der Waals surface area contributed by atoms with Crippen molar-refractivity contribution in [1.82, 2.24) is 0 Å². The number of halogens is 3. The summed E-state index contributed by atoms with van der Waals surface area (Å²) in [5.74, 6) is 0. The minimum atomic E-state index is -4.48. The van der Waals surface area contributed by atoms with Crippen LogP contribution < -0.4 is 0 Å². The molecule has 0 N–H and O–H groups in total. The van der Waals surface area contributed by atoms with E-state index in [1.807, 2.05) is 6.08 Å². The molecule has 1 atom stereocenters. The van der Waals surface area contributed by atoms with E-state index in [2.05, 4.69) is 4.74 Å². The summed E-state index contributed by atoms with van der Waals surface area (Å²) >= 11 is 0. The molecule has 4 heteroatoms. The minimum absolute atomic E-state index is 0.375. The van der Waals surface area contributed by atoms with Crippen molar-refractivity contribution < 1.29 is 17.9 Å². The number of alkyl halides is 3. The zero-order valence-electron chi connectivity index (χ0n) is 5.90. The highest BCUT2D eigenvalue weighted by atomic mass is 19.4. The minimum Gasteiger partial charge on any atom is -0.288 e. The molecule has 64 valence electrons. The van der Waals surface area contributed by atoms with E-state index in [9.17, 15) is 13.2 Å². The van der Waals surface area contributed by atoms with Crippen LogP contribution in [0, 0.1) is 0 Å². The molecule has 1 aliphatic rings. The van der Waals surface area contributed by atoms with Crippen LogP contribution in [0.5, 0.6) is 0 Å². The largest absolute Gasteiger partial charge is 0.522 e. The standard InChI is InChI=1S/C7H9F3O/c8-7(9,10)11-6-4-2-1-3-5-6/h1-2,6H,3-5H2. The zero-order chi connectivity index (χ0) is 8.32. The van der Waals surface area contributed by atoms with Crippen molar-refractivity contribution in [1.29, 1.82) is 0 Å². The third kappa shape index (κ3) is 3.41. The molecule has 0 spiro atoms. The molecule has 0 aromatic carbocycles. The Morgan fingerprint density at radius 2 is 2.00 bits per heavy atom. The highest BCUT2D eigenvalue weighted by molar-refractivity contribution is 4.90. The van der Waals surface area contributed by atoms with Crippen LogP contribution in [0.4, 0.5) is 13.2 Å². The van der Waals surface area contributed by atoms with Gasteiger partial charge in [0.25, 0.3) is 0 Å². The first-order chi connectivity index (χ1) is 5.08. The van der Waals surface area contributed by atoms with Crippen LogP contribution in [0.25, 0.3) is 0 Å². The van der Waals surface area contributed by atoms with Gasteiger partial charge in [-0.1, -0.05) is 12.2 Å². The second-order valence-corrected chi connectivity index (χ2v) is 2.47. The Labute approximate surface area is 62.8 Å². The first-order valence-electron chi connectivity index (χ1n) is 3.47. The van der Waals surface area contributed by atoms with Crippen LogP contribution in [-0.2, 0) is 4.74 Å². The monoisotopic (exact) mass is 166 g/mol. The lowest BCUT2D eigenvalue weighted by Crippen LogP contribution is -2.24. The van der Waals surface area contributed by atoms with Crippen molar-refractivity contribution in [3.8, 4) is 0 Å². The fraction of sp³-hybridized carbons (Fsp3) is 0.714. The Bertz CT molecular complexity index is 150. The van der Waals surface area contributed by atoms with Gasteiger partial charge in [-0.15, -0.1) is 13.2 Å². The second kappa shape index (κ2) is 3.26. The predicted molar refractivity (Wildman–Crippen MR) is 33.9 cm³/mol. The van der Waals surface area contributed by atoms with Gasteiger partial charge in [0, 0.05) is 0 Å². The molecule has 0 aromatic rings. The first kappa shape index (κ1) is 8.59. The molecule has 0 aliphatic heterocycles. The maximum atomic E-state index is 11.6. The molecule has 11 heavy (non-hydrogen) atoms. The van der Waals surface area contributed by atoms with Gasteiger partial charge in [-0.3, -0.25) is 4.74 Å². The Hall–Kier alpha value is -0.510. The van der Waals surface area contributed by atoms with Crippen molar-refractivity contribution >= 4 is 0 Å². The fourth-order valence-corrected chi connectivity index (χ4v) is 1.06. The molecular formula is C7H9F3O. The summed E-state index contributed by atoms with van der Waals surface area (Å²) in [6, 6.07) is 0. The van der Waals surface area contributed by atoms with Gasteiger partial charge in [0.1, 0.15) is 0 Å². The molecule has 1 aliphatic carbocycles. The van der Waals surface area contributed by atoms with Gasteiger partial charge < -0.3 is 0 Å². The maximum Gasteiger partial charge on any atom is 0.522 e. The van der Waals surface area contributed by atoms with E-state index in [-0.39, 0.29) is 0 Å². The van der Waals surface area contributed by atoms with E-state index in [1.54, 1.807) is 6.08 Å². The Kier molecular flexibility index (Phi) is 2.54. The molecule has 0 amide bonds. The van der Waals surface area contributed by atoms with E-state index in [4.69, 9.17) is 0 Å². The lowest BCUT2D eigenvalue weighted by Gasteiger charge is -2.19. The lowest BCUT2D eigenvalue weighted by molar-refractivity contribution is -0.343. The fourth-order valence-electron chi connectivity index (χ4n) is 1.06. The normalized spacial score (nSPS) is 25.5. The van der Waals surface area contributed by atoms with Crippen LogP contribution in [0.1, 0.15) is 19.3 Å². The summed E-state index contributed by atoms with van der Waals surface area (Å²) in [7, 11) is 0. The van der Waals surface area contributed by atoms with Crippen LogP contribution in [0.2, 0.25) is 0 Å². The molecule has 0 aromatic heterocycles. The second-order valence-electron chi connectivity index (χ2n) is 2.47. The third-order valence-electron chi connectivity index (χ3n) is 1.52. The van der Waals surface area contributed by atoms with Gasteiger partial charge >= 0.3 is 6.36 Å². The van der Waals surface area contributed by atoms with Crippen molar-refractivity contribution in [3.63, 3.8) is 0 Å². The summed E-state index contributed by atoms with van der Waals surface area (Å²) in [6.07, 6.45) is -0.0255. The molecular weight excluding hydrogens is 157 g/mol. The van der Waals surface area contributed by atoms with Crippen molar-refractivity contribution in [3.05, 3.63) is 12.2 Å². The third-order valence-corrected chi connectivity index (χ3v) is 1.52. The van der Waals surface area contributed by atoms with E-state index < -0.39 is 12.5 Å². The van der Waals surface area contributed by atoms with Crippen LogP contribution in [0.3, 0.4) is 0 Å².